The summed E-state index contributed by atoms with van der Waals surface area (Å²) in [4.78, 5) is 31.7. The maximum Gasteiger partial charge on any atom is 0.273 e. The smallest absolute Gasteiger partial charge is 0.273 e. The van der Waals surface area contributed by atoms with Crippen molar-refractivity contribution >= 4 is 34.1 Å². The van der Waals surface area contributed by atoms with E-state index in [1.54, 1.807) is 11.0 Å². The van der Waals surface area contributed by atoms with Gasteiger partial charge in [0, 0.05) is 17.3 Å². The second-order valence-electron chi connectivity index (χ2n) is 7.29. The normalized spacial score (nSPS) is 18.2. The zero-order valence-corrected chi connectivity index (χ0v) is 14.9. The van der Waals surface area contributed by atoms with Crippen LogP contribution in [0.1, 0.15) is 44.1 Å². The summed E-state index contributed by atoms with van der Waals surface area (Å²) in [6.07, 6.45) is 1.54. The molecule has 0 bridgehead atoms. The van der Waals surface area contributed by atoms with E-state index in [9.17, 15) is 9.59 Å². The van der Waals surface area contributed by atoms with E-state index < -0.39 is 5.41 Å². The fourth-order valence-corrected chi connectivity index (χ4v) is 3.45. The monoisotopic (exact) mass is 344 g/mol. The number of fused-ring (bicyclic) bond motifs is 1. The maximum atomic E-state index is 13.1. The number of amides is 1. The molecule has 1 atom stereocenters. The number of rotatable bonds is 2. The average Bonchev–Trinajstić information content (AvgIpc) is 3.01. The van der Waals surface area contributed by atoms with Crippen molar-refractivity contribution in [2.45, 2.75) is 39.7 Å². The van der Waals surface area contributed by atoms with Crippen LogP contribution in [0.25, 0.3) is 10.8 Å². The number of likely N-dealkylation sites (tertiary alicyclic amines) is 1. The summed E-state index contributed by atoms with van der Waals surface area (Å²) in [6, 6.07) is 8.90. The summed E-state index contributed by atoms with van der Waals surface area (Å²) in [7, 11) is 0. The van der Waals surface area contributed by atoms with E-state index in [2.05, 4.69) is 4.98 Å². The molecule has 2 aromatic rings. The molecule has 5 heteroatoms. The molecule has 1 aromatic heterocycles. The molecule has 0 saturated carbocycles. The van der Waals surface area contributed by atoms with Crippen molar-refractivity contribution in [3.8, 4) is 0 Å². The first-order valence-corrected chi connectivity index (χ1v) is 8.57. The van der Waals surface area contributed by atoms with Crippen LogP contribution in [0.2, 0.25) is 5.15 Å². The summed E-state index contributed by atoms with van der Waals surface area (Å²) >= 11 is 6.10. The van der Waals surface area contributed by atoms with Gasteiger partial charge in [-0.3, -0.25) is 9.59 Å². The Kier molecular flexibility index (Phi) is 4.35. The minimum Gasteiger partial charge on any atom is -0.327 e. The first-order valence-electron chi connectivity index (χ1n) is 8.19. The highest BCUT2D eigenvalue weighted by Gasteiger charge is 2.39. The van der Waals surface area contributed by atoms with Gasteiger partial charge in [-0.25, -0.2) is 4.98 Å². The predicted molar refractivity (Wildman–Crippen MR) is 95.3 cm³/mol. The molecule has 1 aromatic carbocycles. The molecule has 24 heavy (non-hydrogen) atoms. The van der Waals surface area contributed by atoms with Gasteiger partial charge in [0.05, 0.1) is 6.04 Å². The van der Waals surface area contributed by atoms with E-state index in [1.807, 2.05) is 45.0 Å². The third-order valence-corrected chi connectivity index (χ3v) is 4.66. The highest BCUT2D eigenvalue weighted by molar-refractivity contribution is 6.30. The fraction of sp³-hybridized carbons (Fsp3) is 0.421. The lowest BCUT2D eigenvalue weighted by atomic mass is 9.85. The minimum atomic E-state index is -0.475. The summed E-state index contributed by atoms with van der Waals surface area (Å²) < 4.78 is 0. The van der Waals surface area contributed by atoms with Crippen molar-refractivity contribution in [2.24, 2.45) is 5.41 Å². The van der Waals surface area contributed by atoms with Gasteiger partial charge < -0.3 is 4.90 Å². The Morgan fingerprint density at radius 1 is 1.25 bits per heavy atom. The van der Waals surface area contributed by atoms with E-state index >= 15 is 0 Å². The molecule has 1 amide bonds. The number of hydrogen-bond acceptors (Lipinski definition) is 3. The molecule has 0 aliphatic carbocycles. The third-order valence-electron chi connectivity index (χ3n) is 4.47. The standard InChI is InChI=1S/C19H21ClN2O2/c1-19(2,3)17(23)14-9-6-10-22(14)18(24)16-13-8-5-4-7-12(13)11-15(20)21-16/h4-5,7-8,11,14H,6,9-10H2,1-3H3/t14-/m0/s1. The number of carbonyl (C=O) groups is 2. The van der Waals surface area contributed by atoms with E-state index in [-0.39, 0.29) is 22.9 Å². The molecular weight excluding hydrogens is 324 g/mol. The van der Waals surface area contributed by atoms with Crippen LogP contribution in [0, 0.1) is 5.41 Å². The van der Waals surface area contributed by atoms with Crippen LogP contribution in [0.5, 0.6) is 0 Å². The Bertz CT molecular complexity index is 811. The molecule has 1 saturated heterocycles. The third kappa shape index (κ3) is 3.03. The molecule has 1 aliphatic rings. The van der Waals surface area contributed by atoms with Crippen molar-refractivity contribution in [3.63, 3.8) is 0 Å². The highest BCUT2D eigenvalue weighted by Crippen LogP contribution is 2.29. The first-order chi connectivity index (χ1) is 11.3. The number of Topliss-reactive ketones (excluding diaryl/α,β-unsaturated/α-hetero) is 1. The summed E-state index contributed by atoms with van der Waals surface area (Å²) in [6.45, 7) is 6.25. The Labute approximate surface area is 146 Å². The molecule has 1 aliphatic heterocycles. The van der Waals surface area contributed by atoms with Crippen LogP contribution in [0.4, 0.5) is 0 Å². The van der Waals surface area contributed by atoms with E-state index in [1.165, 1.54) is 0 Å². The molecule has 3 rings (SSSR count). The van der Waals surface area contributed by atoms with E-state index in [0.29, 0.717) is 18.7 Å². The average molecular weight is 345 g/mol. The molecule has 0 spiro atoms. The molecule has 1 fully saturated rings. The largest absolute Gasteiger partial charge is 0.327 e. The maximum absolute atomic E-state index is 13.1. The topological polar surface area (TPSA) is 50.3 Å². The summed E-state index contributed by atoms with van der Waals surface area (Å²) in [5.41, 5.74) is -0.149. The second-order valence-corrected chi connectivity index (χ2v) is 7.67. The van der Waals surface area contributed by atoms with Gasteiger partial charge in [-0.1, -0.05) is 56.6 Å². The Morgan fingerprint density at radius 3 is 2.67 bits per heavy atom. The molecule has 2 heterocycles. The van der Waals surface area contributed by atoms with Crippen LogP contribution < -0.4 is 0 Å². The Hall–Kier alpha value is -1.94. The van der Waals surface area contributed by atoms with E-state index in [0.717, 1.165) is 17.2 Å². The van der Waals surface area contributed by atoms with Gasteiger partial charge in [-0.2, -0.15) is 0 Å². The zero-order valence-electron chi connectivity index (χ0n) is 14.2. The van der Waals surface area contributed by atoms with Crippen LogP contribution in [0.15, 0.2) is 30.3 Å². The predicted octanol–water partition coefficient (Wildman–Crippen LogP) is 4.11. The number of hydrogen-bond donors (Lipinski definition) is 0. The van der Waals surface area contributed by atoms with E-state index in [4.69, 9.17) is 11.6 Å². The number of ketones is 1. The quantitative estimate of drug-likeness (QED) is 0.770. The Morgan fingerprint density at radius 2 is 1.96 bits per heavy atom. The second kappa shape index (κ2) is 6.17. The molecule has 4 nitrogen and oxygen atoms in total. The number of halogens is 1. The SMILES string of the molecule is CC(C)(C)C(=O)[C@@H]1CCCN1C(=O)c1nc(Cl)cc2ccccc12. The minimum absolute atomic E-state index is 0.0969. The number of carbonyl (C=O) groups excluding carboxylic acids is 2. The number of aromatic nitrogens is 1. The number of nitrogens with zero attached hydrogens (tertiary/aromatic N) is 2. The van der Waals surface area contributed by atoms with Crippen LogP contribution >= 0.6 is 11.6 Å². The molecule has 0 radical (unpaired) electrons. The van der Waals surface area contributed by atoms with Gasteiger partial charge in [0.2, 0.25) is 0 Å². The van der Waals surface area contributed by atoms with Crippen molar-refractivity contribution in [2.75, 3.05) is 6.54 Å². The van der Waals surface area contributed by atoms with Gasteiger partial charge >= 0.3 is 0 Å². The molecule has 126 valence electrons. The van der Waals surface area contributed by atoms with Crippen molar-refractivity contribution < 1.29 is 9.59 Å². The van der Waals surface area contributed by atoms with Gasteiger partial charge in [-0.05, 0) is 24.3 Å². The molecule has 0 unspecified atom stereocenters. The molecular formula is C19H21ClN2O2. The number of pyridine rings is 1. The number of benzene rings is 1. The van der Waals surface area contributed by atoms with Crippen molar-refractivity contribution in [1.29, 1.82) is 0 Å². The van der Waals surface area contributed by atoms with Gasteiger partial charge in [-0.15, -0.1) is 0 Å². The summed E-state index contributed by atoms with van der Waals surface area (Å²) in [5, 5.41) is 1.93. The lowest BCUT2D eigenvalue weighted by molar-refractivity contribution is -0.130. The van der Waals surface area contributed by atoms with Gasteiger partial charge in [0.15, 0.2) is 5.78 Å². The van der Waals surface area contributed by atoms with Crippen LogP contribution in [0.3, 0.4) is 0 Å². The Balaban J connectivity index is 2.01. The zero-order chi connectivity index (χ0) is 17.5. The van der Waals surface area contributed by atoms with Gasteiger partial charge in [0.1, 0.15) is 10.8 Å². The van der Waals surface area contributed by atoms with Crippen LogP contribution in [-0.2, 0) is 4.79 Å². The fourth-order valence-electron chi connectivity index (χ4n) is 3.25. The lowest BCUT2D eigenvalue weighted by Gasteiger charge is -2.29. The highest BCUT2D eigenvalue weighted by atomic mass is 35.5. The summed E-state index contributed by atoms with van der Waals surface area (Å²) in [5.74, 6) is -0.117. The van der Waals surface area contributed by atoms with Gasteiger partial charge in [0.25, 0.3) is 5.91 Å². The van der Waals surface area contributed by atoms with Crippen LogP contribution in [-0.4, -0.2) is 34.2 Å². The lowest BCUT2D eigenvalue weighted by Crippen LogP contribution is -2.45. The van der Waals surface area contributed by atoms with Crippen molar-refractivity contribution in [3.05, 3.63) is 41.2 Å². The van der Waals surface area contributed by atoms with Crippen molar-refractivity contribution in [1.82, 2.24) is 9.88 Å². The first kappa shape index (κ1) is 16.9. The molecule has 0 N–H and O–H groups in total.